The van der Waals surface area contributed by atoms with Gasteiger partial charge in [-0.1, -0.05) is 19.9 Å². The minimum absolute atomic E-state index is 0.0644. The van der Waals surface area contributed by atoms with Crippen molar-refractivity contribution >= 4 is 17.9 Å². The summed E-state index contributed by atoms with van der Waals surface area (Å²) >= 11 is 0. The van der Waals surface area contributed by atoms with Gasteiger partial charge in [0.05, 0.1) is 37.2 Å². The molecule has 11 nitrogen and oxygen atoms in total. The van der Waals surface area contributed by atoms with E-state index in [-0.39, 0.29) is 53.7 Å². The molecule has 0 aromatic heterocycles. The van der Waals surface area contributed by atoms with Gasteiger partial charge in [-0.25, -0.2) is 4.79 Å². The summed E-state index contributed by atoms with van der Waals surface area (Å²) in [6, 6.07) is 3.85. The van der Waals surface area contributed by atoms with Gasteiger partial charge >= 0.3 is 6.09 Å². The van der Waals surface area contributed by atoms with Gasteiger partial charge in [0.2, 0.25) is 11.8 Å². The number of ether oxygens (including phenoxy) is 3. The number of carbonyl (C=O) groups excluding carboxylic acids is 3. The van der Waals surface area contributed by atoms with Gasteiger partial charge in [-0.05, 0) is 69.9 Å². The minimum atomic E-state index is -0.956. The molecule has 2 aliphatic heterocycles. The first kappa shape index (κ1) is 35.5. The molecule has 50 heavy (non-hydrogen) atoms. The Balaban J connectivity index is 1.17. The van der Waals surface area contributed by atoms with Crippen LogP contribution in [0.25, 0.3) is 0 Å². The van der Waals surface area contributed by atoms with Crippen LogP contribution in [0, 0.1) is 23.2 Å². The highest BCUT2D eigenvalue weighted by atomic mass is 16.6. The Labute approximate surface area is 297 Å². The third kappa shape index (κ3) is 5.27. The summed E-state index contributed by atoms with van der Waals surface area (Å²) in [4.78, 5) is 39.5. The molecule has 11 heteroatoms. The first-order chi connectivity index (χ1) is 23.5. The number of nitrogens with one attached hydrogen (secondary N) is 2. The highest BCUT2D eigenvalue weighted by Crippen LogP contribution is 2.78. The number of fused-ring (bicyclic) bond motifs is 2. The van der Waals surface area contributed by atoms with Crippen LogP contribution in [0.5, 0.6) is 11.5 Å². The van der Waals surface area contributed by atoms with Gasteiger partial charge in [-0.15, -0.1) is 0 Å². The average molecular weight is 696 g/mol. The molecule has 4 bridgehead atoms. The van der Waals surface area contributed by atoms with Gasteiger partial charge in [-0.2, -0.15) is 0 Å². The van der Waals surface area contributed by atoms with Crippen molar-refractivity contribution in [3.05, 3.63) is 23.3 Å². The summed E-state index contributed by atoms with van der Waals surface area (Å²) in [5.41, 5.74) is 0.532. The van der Waals surface area contributed by atoms with Gasteiger partial charge in [0.25, 0.3) is 0 Å². The van der Waals surface area contributed by atoms with Crippen molar-refractivity contribution in [2.45, 2.75) is 121 Å². The van der Waals surface area contributed by atoms with E-state index in [2.05, 4.69) is 23.7 Å². The van der Waals surface area contributed by atoms with Crippen LogP contribution in [-0.4, -0.2) is 109 Å². The van der Waals surface area contributed by atoms with Crippen LogP contribution in [0.1, 0.15) is 90.7 Å². The molecule has 5 fully saturated rings. The van der Waals surface area contributed by atoms with Gasteiger partial charge in [0.1, 0.15) is 17.7 Å². The fourth-order valence-corrected chi connectivity index (χ4v) is 11.7. The molecule has 2 spiro atoms. The Bertz CT molecular complexity index is 1560. The summed E-state index contributed by atoms with van der Waals surface area (Å²) in [6.07, 6.45) is 7.04. The maximum Gasteiger partial charge on any atom is 0.415 e. The summed E-state index contributed by atoms with van der Waals surface area (Å²) in [7, 11) is 5.93. The van der Waals surface area contributed by atoms with E-state index >= 15 is 0 Å². The number of nitrogens with zero attached hydrogens (tertiary/aromatic N) is 2. The number of rotatable bonds is 12. The third-order valence-corrected chi connectivity index (χ3v) is 13.9. The van der Waals surface area contributed by atoms with Crippen LogP contribution >= 0.6 is 0 Å². The second kappa shape index (κ2) is 12.1. The van der Waals surface area contributed by atoms with Crippen molar-refractivity contribution in [3.8, 4) is 11.5 Å². The van der Waals surface area contributed by atoms with Crippen molar-refractivity contribution in [2.24, 2.45) is 23.2 Å². The lowest BCUT2D eigenvalue weighted by Gasteiger charge is -2.75. The Kier molecular flexibility index (Phi) is 8.58. The van der Waals surface area contributed by atoms with Crippen LogP contribution < -0.4 is 20.1 Å². The lowest BCUT2D eigenvalue weighted by atomic mass is 9.33. The number of likely N-dealkylation sites (tertiary alicyclic amines) is 1. The maximum absolute atomic E-state index is 13.6. The lowest BCUT2D eigenvalue weighted by molar-refractivity contribution is -0.952. The number of hydrogen-bond acceptors (Lipinski definition) is 7. The highest BCUT2D eigenvalue weighted by molar-refractivity contribution is 5.86. The highest BCUT2D eigenvalue weighted by Gasteiger charge is 2.84. The van der Waals surface area contributed by atoms with Gasteiger partial charge in [0, 0.05) is 69.8 Å². The summed E-state index contributed by atoms with van der Waals surface area (Å²) < 4.78 is 21.0. The van der Waals surface area contributed by atoms with E-state index in [4.69, 9.17) is 14.2 Å². The molecule has 276 valence electrons. The predicted molar refractivity (Wildman–Crippen MR) is 188 cm³/mol. The zero-order valence-electron chi connectivity index (χ0n) is 31.4. The molecular formula is C39H59N4O7+. The molecule has 8 atom stereocenters. The van der Waals surface area contributed by atoms with Crippen LogP contribution in [0.3, 0.4) is 0 Å². The first-order valence-corrected chi connectivity index (χ1v) is 18.9. The van der Waals surface area contributed by atoms with E-state index in [0.29, 0.717) is 24.0 Å². The molecule has 1 saturated heterocycles. The molecule has 1 unspecified atom stereocenters. The quantitative estimate of drug-likeness (QED) is 0.283. The fourth-order valence-electron chi connectivity index (χ4n) is 11.7. The molecule has 7 aliphatic rings. The average Bonchev–Trinajstić information content (AvgIpc) is 3.77. The maximum atomic E-state index is 13.6. The number of piperidine rings is 1. The molecule has 8 rings (SSSR count). The number of quaternary nitrogens is 1. The zero-order chi connectivity index (χ0) is 36.0. The normalized spacial score (nSPS) is 35.2. The molecule has 1 aromatic rings. The van der Waals surface area contributed by atoms with Crippen molar-refractivity contribution in [1.29, 1.82) is 0 Å². The van der Waals surface area contributed by atoms with E-state index in [0.717, 1.165) is 49.0 Å². The van der Waals surface area contributed by atoms with E-state index in [1.807, 2.05) is 33.8 Å². The minimum Gasteiger partial charge on any atom is -0.482 e. The van der Waals surface area contributed by atoms with E-state index in [9.17, 15) is 19.5 Å². The first-order valence-electron chi connectivity index (χ1n) is 18.9. The Morgan fingerprint density at radius 1 is 1.18 bits per heavy atom. The molecule has 5 aliphatic carbocycles. The van der Waals surface area contributed by atoms with Gasteiger partial charge in [-0.3, -0.25) is 9.59 Å². The smallest absolute Gasteiger partial charge is 0.415 e. The number of benzene rings is 1. The largest absolute Gasteiger partial charge is 0.482 e. The predicted octanol–water partition coefficient (Wildman–Crippen LogP) is 3.92. The van der Waals surface area contributed by atoms with E-state index < -0.39 is 23.3 Å². The molecular weight excluding hydrogens is 636 g/mol. The van der Waals surface area contributed by atoms with Crippen molar-refractivity contribution in [2.75, 3.05) is 47.4 Å². The van der Waals surface area contributed by atoms with E-state index in [1.54, 1.807) is 14.2 Å². The molecule has 3 amide bonds. The van der Waals surface area contributed by atoms with Crippen molar-refractivity contribution in [3.63, 3.8) is 0 Å². The van der Waals surface area contributed by atoms with Crippen molar-refractivity contribution < 1.29 is 38.2 Å². The fraction of sp³-hybridized carbons (Fsp3) is 0.769. The third-order valence-electron chi connectivity index (χ3n) is 13.9. The van der Waals surface area contributed by atoms with Gasteiger partial charge in [0.15, 0.2) is 11.5 Å². The van der Waals surface area contributed by atoms with Gasteiger partial charge < -0.3 is 39.3 Å². The molecule has 3 N–H and O–H groups in total. The van der Waals surface area contributed by atoms with Crippen LogP contribution in [0.4, 0.5) is 4.79 Å². The Morgan fingerprint density at radius 2 is 1.92 bits per heavy atom. The number of aliphatic hydroxyl groups is 1. The van der Waals surface area contributed by atoms with Crippen LogP contribution in [0.2, 0.25) is 0 Å². The molecule has 0 radical (unpaired) electrons. The second-order valence-corrected chi connectivity index (χ2v) is 17.9. The monoisotopic (exact) mass is 695 g/mol. The summed E-state index contributed by atoms with van der Waals surface area (Å²) in [5.74, 6) is 1.48. The van der Waals surface area contributed by atoms with Crippen LogP contribution in [-0.2, 0) is 26.2 Å². The molecule has 4 saturated carbocycles. The number of carbonyl (C=O) groups is 3. The lowest BCUT2D eigenvalue weighted by Crippen LogP contribution is -2.84. The molecule has 1 aromatic carbocycles. The zero-order valence-corrected chi connectivity index (χ0v) is 31.4. The number of hydrogen-bond donors (Lipinski definition) is 3. The Morgan fingerprint density at radius 3 is 2.56 bits per heavy atom. The standard InChI is InChI=1S/C39H58N4O7/c1-23(2)19-27(41-24(3)44)33(45)40-16-17-42(6)35(46)49-28-12-11-26-20-30-37-13-14-39(48-8,29(21-37)36(4,5)47)34-38(37,31(26)32(28)50-34)15-18-43(30,7)22-25-9-10-25/h11-12,23,25,27,29-30,34,47H,9-10,13-22H2,1-8H3,(H-,40,41,44,45)/p+1/t27-,29+,30+,34+,37+,38-,39+,43?/m0/s1. The van der Waals surface area contributed by atoms with E-state index in [1.165, 1.54) is 42.3 Å². The topological polar surface area (TPSA) is 126 Å². The Hall–Kier alpha value is -2.89. The number of likely N-dealkylation sites (N-methyl/N-ethyl adjacent to an activating group) is 2. The van der Waals surface area contributed by atoms with Crippen molar-refractivity contribution in [1.82, 2.24) is 15.5 Å². The van der Waals surface area contributed by atoms with Crippen LogP contribution in [0.15, 0.2) is 12.1 Å². The SMILES string of the molecule is CO[C@]12CC[C@@]3(C[C@@H]1C(C)(C)O)[C@H]1Cc4ccc(OC(=O)N(C)CCNC(=O)[C@H](CC(C)C)NC(C)=O)c5c4[C@@]3(CC[N+]1(C)CC1CC1)[C@H]2O5. The summed E-state index contributed by atoms with van der Waals surface area (Å²) in [5, 5.41) is 17.3. The number of methoxy groups -OCH3 is 1. The molecule has 2 heterocycles. The second-order valence-electron chi connectivity index (χ2n) is 17.9. The number of amides is 3. The summed E-state index contributed by atoms with van der Waals surface area (Å²) in [6.45, 7) is 12.0.